The third kappa shape index (κ3) is 1.73. The van der Waals surface area contributed by atoms with E-state index >= 15 is 0 Å². The molecule has 46 valence electrons. The minimum Gasteiger partial charge on any atom is -0.192 e. The summed E-state index contributed by atoms with van der Waals surface area (Å²) in [5.74, 6) is 0. The van der Waals surface area contributed by atoms with Gasteiger partial charge in [-0.15, -0.1) is 0 Å². The van der Waals surface area contributed by atoms with Crippen LogP contribution >= 0.6 is 0 Å². The van der Waals surface area contributed by atoms with Crippen LogP contribution in [0.2, 0.25) is 0 Å². The van der Waals surface area contributed by atoms with E-state index in [9.17, 15) is 0 Å². The Morgan fingerprint density at radius 1 is 1.44 bits per heavy atom. The SMILES string of the molecule is N#CC1=CCCCC=C1. The van der Waals surface area contributed by atoms with Crippen LogP contribution in [0, 0.1) is 11.3 Å². The molecule has 0 radical (unpaired) electrons. The first-order chi connectivity index (χ1) is 4.43. The average Bonchev–Trinajstić information content (AvgIpc) is 2.13. The van der Waals surface area contributed by atoms with E-state index in [2.05, 4.69) is 12.1 Å². The van der Waals surface area contributed by atoms with E-state index in [0.717, 1.165) is 18.4 Å². The van der Waals surface area contributed by atoms with Crippen LogP contribution < -0.4 is 0 Å². The predicted molar refractivity (Wildman–Crippen MR) is 36.7 cm³/mol. The van der Waals surface area contributed by atoms with Gasteiger partial charge in [-0.3, -0.25) is 0 Å². The first-order valence-electron chi connectivity index (χ1n) is 3.20. The number of nitrogens with zero attached hydrogens (tertiary/aromatic N) is 1. The van der Waals surface area contributed by atoms with Gasteiger partial charge in [-0.2, -0.15) is 5.26 Å². The zero-order valence-electron chi connectivity index (χ0n) is 5.30. The molecule has 1 rings (SSSR count). The monoisotopic (exact) mass is 119 g/mol. The summed E-state index contributed by atoms with van der Waals surface area (Å²) in [6.07, 6.45) is 9.29. The highest BCUT2D eigenvalue weighted by Crippen LogP contribution is 2.08. The molecule has 9 heavy (non-hydrogen) atoms. The zero-order chi connectivity index (χ0) is 6.53. The van der Waals surface area contributed by atoms with Crippen LogP contribution in [0.25, 0.3) is 0 Å². The molecule has 0 saturated carbocycles. The van der Waals surface area contributed by atoms with Crippen molar-refractivity contribution in [1.82, 2.24) is 0 Å². The number of hydrogen-bond acceptors (Lipinski definition) is 1. The van der Waals surface area contributed by atoms with Gasteiger partial charge in [0, 0.05) is 5.57 Å². The predicted octanol–water partition coefficient (Wildman–Crippen LogP) is 2.18. The molecule has 1 aliphatic rings. The Bertz CT molecular complexity index is 181. The van der Waals surface area contributed by atoms with Crippen LogP contribution in [0.3, 0.4) is 0 Å². The Hall–Kier alpha value is -1.03. The second-order valence-electron chi connectivity index (χ2n) is 2.10. The molecule has 0 aliphatic heterocycles. The summed E-state index contributed by atoms with van der Waals surface area (Å²) in [5.41, 5.74) is 0.812. The quantitative estimate of drug-likeness (QED) is 0.479. The molecule has 0 fully saturated rings. The topological polar surface area (TPSA) is 23.8 Å². The van der Waals surface area contributed by atoms with Gasteiger partial charge in [0.15, 0.2) is 0 Å². The van der Waals surface area contributed by atoms with E-state index < -0.39 is 0 Å². The molecule has 0 unspecified atom stereocenters. The van der Waals surface area contributed by atoms with Gasteiger partial charge in [-0.25, -0.2) is 0 Å². The fourth-order valence-electron chi connectivity index (χ4n) is 0.855. The van der Waals surface area contributed by atoms with Crippen LogP contribution in [-0.4, -0.2) is 0 Å². The van der Waals surface area contributed by atoms with Crippen LogP contribution in [0.1, 0.15) is 19.3 Å². The van der Waals surface area contributed by atoms with Gasteiger partial charge in [-0.1, -0.05) is 12.2 Å². The highest BCUT2D eigenvalue weighted by molar-refractivity contribution is 5.33. The molecule has 0 N–H and O–H groups in total. The van der Waals surface area contributed by atoms with E-state index in [4.69, 9.17) is 5.26 Å². The second kappa shape index (κ2) is 3.09. The smallest absolute Gasteiger partial charge is 0.0988 e. The zero-order valence-corrected chi connectivity index (χ0v) is 5.30. The lowest BCUT2D eigenvalue weighted by molar-refractivity contribution is 0.875. The molecule has 1 nitrogen and oxygen atoms in total. The third-order valence-corrected chi connectivity index (χ3v) is 1.37. The number of hydrogen-bond donors (Lipinski definition) is 0. The normalized spacial score (nSPS) is 17.9. The molecule has 0 atom stereocenters. The number of allylic oxidation sites excluding steroid dienone is 4. The first-order valence-corrected chi connectivity index (χ1v) is 3.20. The standard InChI is InChI=1S/C8H9N/c9-7-8-5-3-1-2-4-6-8/h3,5-6H,1-2,4H2. The lowest BCUT2D eigenvalue weighted by Crippen LogP contribution is -1.67. The van der Waals surface area contributed by atoms with Gasteiger partial charge in [-0.05, 0) is 25.3 Å². The minimum absolute atomic E-state index is 0.812. The summed E-state index contributed by atoms with van der Waals surface area (Å²) < 4.78 is 0. The molecule has 0 aromatic carbocycles. The summed E-state index contributed by atoms with van der Waals surface area (Å²) in [7, 11) is 0. The molecular formula is C8H9N. The van der Waals surface area contributed by atoms with E-state index in [0.29, 0.717) is 0 Å². The molecule has 1 aliphatic carbocycles. The van der Waals surface area contributed by atoms with Gasteiger partial charge in [0.1, 0.15) is 0 Å². The summed E-state index contributed by atoms with van der Waals surface area (Å²) >= 11 is 0. The van der Waals surface area contributed by atoms with Crippen molar-refractivity contribution in [2.75, 3.05) is 0 Å². The molecule has 0 aromatic heterocycles. The maximum Gasteiger partial charge on any atom is 0.0988 e. The maximum absolute atomic E-state index is 8.45. The van der Waals surface area contributed by atoms with Crippen LogP contribution in [-0.2, 0) is 0 Å². The summed E-state index contributed by atoms with van der Waals surface area (Å²) in [6.45, 7) is 0. The Balaban J connectivity index is 2.67. The molecule has 0 amide bonds. The van der Waals surface area contributed by atoms with Gasteiger partial charge in [0.05, 0.1) is 6.07 Å². The Morgan fingerprint density at radius 2 is 2.33 bits per heavy atom. The number of rotatable bonds is 0. The third-order valence-electron chi connectivity index (χ3n) is 1.37. The minimum atomic E-state index is 0.812. The van der Waals surface area contributed by atoms with Gasteiger partial charge in [0.25, 0.3) is 0 Å². The van der Waals surface area contributed by atoms with Gasteiger partial charge >= 0.3 is 0 Å². The van der Waals surface area contributed by atoms with Crippen LogP contribution in [0.5, 0.6) is 0 Å². The average molecular weight is 119 g/mol. The van der Waals surface area contributed by atoms with Crippen molar-refractivity contribution in [3.05, 3.63) is 23.8 Å². The largest absolute Gasteiger partial charge is 0.192 e. The van der Waals surface area contributed by atoms with Crippen molar-refractivity contribution in [2.45, 2.75) is 19.3 Å². The molecule has 0 saturated heterocycles. The highest BCUT2D eigenvalue weighted by atomic mass is 14.2. The van der Waals surface area contributed by atoms with Crippen LogP contribution in [0.4, 0.5) is 0 Å². The highest BCUT2D eigenvalue weighted by Gasteiger charge is 1.92. The van der Waals surface area contributed by atoms with E-state index in [-0.39, 0.29) is 0 Å². The van der Waals surface area contributed by atoms with Crippen molar-refractivity contribution >= 4 is 0 Å². The number of nitriles is 1. The molecule has 0 spiro atoms. The van der Waals surface area contributed by atoms with E-state index in [1.807, 2.05) is 12.2 Å². The first kappa shape index (κ1) is 6.10. The fraction of sp³-hybridized carbons (Fsp3) is 0.375. The fourth-order valence-corrected chi connectivity index (χ4v) is 0.855. The maximum atomic E-state index is 8.45. The molecule has 1 heteroatoms. The molecule has 0 heterocycles. The lowest BCUT2D eigenvalue weighted by Gasteiger charge is -1.82. The van der Waals surface area contributed by atoms with E-state index in [1.165, 1.54) is 6.42 Å². The van der Waals surface area contributed by atoms with Crippen molar-refractivity contribution in [3.63, 3.8) is 0 Å². The van der Waals surface area contributed by atoms with Crippen LogP contribution in [0.15, 0.2) is 23.8 Å². The summed E-state index contributed by atoms with van der Waals surface area (Å²) in [4.78, 5) is 0. The van der Waals surface area contributed by atoms with Gasteiger partial charge in [0.2, 0.25) is 0 Å². The van der Waals surface area contributed by atoms with Gasteiger partial charge < -0.3 is 0 Å². The Morgan fingerprint density at radius 3 is 3.11 bits per heavy atom. The molecular weight excluding hydrogens is 110 g/mol. The Kier molecular flexibility index (Phi) is 2.09. The van der Waals surface area contributed by atoms with Crippen molar-refractivity contribution < 1.29 is 0 Å². The Labute approximate surface area is 55.3 Å². The summed E-state index contributed by atoms with van der Waals surface area (Å²) in [5, 5.41) is 8.45. The second-order valence-corrected chi connectivity index (χ2v) is 2.10. The van der Waals surface area contributed by atoms with Crippen molar-refractivity contribution in [2.24, 2.45) is 0 Å². The molecule has 0 aromatic rings. The van der Waals surface area contributed by atoms with E-state index in [1.54, 1.807) is 0 Å². The molecule has 0 bridgehead atoms. The van der Waals surface area contributed by atoms with Crippen molar-refractivity contribution in [1.29, 1.82) is 5.26 Å². The lowest BCUT2D eigenvalue weighted by atomic mass is 10.2. The van der Waals surface area contributed by atoms with Crippen molar-refractivity contribution in [3.8, 4) is 6.07 Å². The summed E-state index contributed by atoms with van der Waals surface area (Å²) in [6, 6.07) is 2.12.